The van der Waals surface area contributed by atoms with Crippen LogP contribution >= 0.6 is 0 Å². The maximum Gasteiger partial charge on any atom is 0.319 e. The van der Waals surface area contributed by atoms with Gasteiger partial charge in [-0.2, -0.15) is 0 Å². The second-order valence-electron chi connectivity index (χ2n) is 6.98. The van der Waals surface area contributed by atoms with E-state index in [2.05, 4.69) is 60.9 Å². The number of aryl methyl sites for hydroxylation is 2. The minimum absolute atomic E-state index is 0.0272. The molecule has 2 aromatic carbocycles. The maximum atomic E-state index is 12.2. The molecule has 0 spiro atoms. The Kier molecular flexibility index (Phi) is 4.89. The van der Waals surface area contributed by atoms with Gasteiger partial charge < -0.3 is 10.6 Å². The van der Waals surface area contributed by atoms with E-state index in [4.69, 9.17) is 0 Å². The number of urea groups is 1. The summed E-state index contributed by atoms with van der Waals surface area (Å²) >= 11 is 0. The molecule has 1 atom stereocenters. The van der Waals surface area contributed by atoms with Gasteiger partial charge in [-0.05, 0) is 66.5 Å². The molecule has 2 amide bonds. The summed E-state index contributed by atoms with van der Waals surface area (Å²) in [6, 6.07) is 14.5. The Morgan fingerprint density at radius 3 is 2.29 bits per heavy atom. The number of carbonyl (C=O) groups excluding carboxylic acids is 1. The fourth-order valence-electron chi connectivity index (χ4n) is 3.27. The number of hydrogen-bond donors (Lipinski definition) is 2. The monoisotopic (exact) mass is 322 g/mol. The molecule has 0 fully saturated rings. The number of fused-ring (bicyclic) bond motifs is 1. The molecular weight excluding hydrogens is 296 g/mol. The maximum absolute atomic E-state index is 12.2. The van der Waals surface area contributed by atoms with Crippen LogP contribution in [-0.4, -0.2) is 6.03 Å². The van der Waals surface area contributed by atoms with Gasteiger partial charge in [-0.1, -0.05) is 44.2 Å². The summed E-state index contributed by atoms with van der Waals surface area (Å²) in [7, 11) is 0. The lowest BCUT2D eigenvalue weighted by molar-refractivity contribution is 0.249. The Morgan fingerprint density at radius 1 is 0.917 bits per heavy atom. The molecule has 0 aliphatic heterocycles. The minimum Gasteiger partial charge on any atom is -0.331 e. The van der Waals surface area contributed by atoms with Gasteiger partial charge in [0.15, 0.2) is 0 Å². The summed E-state index contributed by atoms with van der Waals surface area (Å²) in [6.45, 7) is 6.37. The van der Waals surface area contributed by atoms with E-state index in [0.29, 0.717) is 5.92 Å². The first-order valence-electron chi connectivity index (χ1n) is 8.82. The zero-order chi connectivity index (χ0) is 17.1. The molecule has 0 saturated carbocycles. The fraction of sp³-hybridized carbons (Fsp3) is 0.381. The lowest BCUT2D eigenvalue weighted by Crippen LogP contribution is -2.31. The van der Waals surface area contributed by atoms with Crippen molar-refractivity contribution in [2.45, 2.75) is 52.0 Å². The van der Waals surface area contributed by atoms with Crippen molar-refractivity contribution in [3.8, 4) is 0 Å². The van der Waals surface area contributed by atoms with Gasteiger partial charge in [0, 0.05) is 5.69 Å². The van der Waals surface area contributed by atoms with Crippen molar-refractivity contribution >= 4 is 11.7 Å². The van der Waals surface area contributed by atoms with Crippen LogP contribution in [0.1, 0.15) is 61.4 Å². The van der Waals surface area contributed by atoms with E-state index in [9.17, 15) is 4.79 Å². The van der Waals surface area contributed by atoms with E-state index in [1.165, 1.54) is 23.1 Å². The highest BCUT2D eigenvalue weighted by molar-refractivity contribution is 5.89. The summed E-state index contributed by atoms with van der Waals surface area (Å²) in [5, 5.41) is 5.96. The van der Waals surface area contributed by atoms with E-state index in [1.807, 2.05) is 13.0 Å². The normalized spacial score (nSPS) is 14.3. The molecule has 0 heterocycles. The molecule has 3 rings (SSSR count). The van der Waals surface area contributed by atoms with Crippen molar-refractivity contribution < 1.29 is 4.79 Å². The zero-order valence-electron chi connectivity index (χ0n) is 14.7. The summed E-state index contributed by atoms with van der Waals surface area (Å²) < 4.78 is 0. The molecule has 0 saturated heterocycles. The molecule has 1 aliphatic carbocycles. The Labute approximate surface area is 144 Å². The van der Waals surface area contributed by atoms with Crippen molar-refractivity contribution in [2.24, 2.45) is 0 Å². The van der Waals surface area contributed by atoms with Crippen molar-refractivity contribution in [1.29, 1.82) is 0 Å². The topological polar surface area (TPSA) is 41.1 Å². The van der Waals surface area contributed by atoms with E-state index in [-0.39, 0.29) is 12.1 Å². The van der Waals surface area contributed by atoms with Gasteiger partial charge in [-0.15, -0.1) is 0 Å². The van der Waals surface area contributed by atoms with Crippen LogP contribution in [0.15, 0.2) is 42.5 Å². The predicted octanol–water partition coefficient (Wildman–Crippen LogP) is 5.18. The predicted molar refractivity (Wildman–Crippen MR) is 99.6 cm³/mol. The van der Waals surface area contributed by atoms with Crippen LogP contribution in [-0.2, 0) is 12.8 Å². The van der Waals surface area contributed by atoms with Gasteiger partial charge in [0.25, 0.3) is 0 Å². The molecule has 0 bridgehead atoms. The first kappa shape index (κ1) is 16.6. The summed E-state index contributed by atoms with van der Waals surface area (Å²) in [5.74, 6) is 0.519. The van der Waals surface area contributed by atoms with E-state index in [0.717, 1.165) is 24.1 Å². The number of amides is 2. The molecule has 2 aromatic rings. The van der Waals surface area contributed by atoms with Crippen molar-refractivity contribution in [3.05, 3.63) is 64.7 Å². The average Bonchev–Trinajstić information content (AvgIpc) is 3.02. The summed E-state index contributed by atoms with van der Waals surface area (Å²) in [4.78, 5) is 12.2. The van der Waals surface area contributed by atoms with Gasteiger partial charge in [0.1, 0.15) is 0 Å². The highest BCUT2D eigenvalue weighted by Crippen LogP contribution is 2.25. The molecular formula is C21H26N2O. The number of hydrogen-bond acceptors (Lipinski definition) is 1. The first-order valence-corrected chi connectivity index (χ1v) is 8.82. The third-order valence-electron chi connectivity index (χ3n) is 4.81. The van der Waals surface area contributed by atoms with Crippen molar-refractivity contribution in [2.75, 3.05) is 5.32 Å². The van der Waals surface area contributed by atoms with Gasteiger partial charge >= 0.3 is 6.03 Å². The molecule has 3 nitrogen and oxygen atoms in total. The average molecular weight is 322 g/mol. The third-order valence-corrected chi connectivity index (χ3v) is 4.81. The van der Waals surface area contributed by atoms with Crippen LogP contribution < -0.4 is 10.6 Å². The van der Waals surface area contributed by atoms with E-state index >= 15 is 0 Å². The van der Waals surface area contributed by atoms with Crippen LogP contribution in [0.3, 0.4) is 0 Å². The third kappa shape index (κ3) is 3.78. The smallest absolute Gasteiger partial charge is 0.319 e. The van der Waals surface area contributed by atoms with Crippen LogP contribution in [0.4, 0.5) is 10.5 Å². The highest BCUT2D eigenvalue weighted by atomic mass is 16.2. The minimum atomic E-state index is -0.159. The summed E-state index contributed by atoms with van der Waals surface area (Å²) in [5.41, 5.74) is 6.08. The standard InChI is InChI=1S/C21H26N2O/c1-14(2)16-7-9-17(10-8-16)15(3)22-21(24)23-20-12-11-18-5-4-6-19(18)13-20/h7-15H,4-6H2,1-3H3,(H2,22,23,24)/t15-/m0/s1. The Hall–Kier alpha value is -2.29. The quantitative estimate of drug-likeness (QED) is 0.800. The Morgan fingerprint density at radius 2 is 1.58 bits per heavy atom. The SMILES string of the molecule is CC(C)c1ccc([C@H](C)NC(=O)Nc2ccc3c(c2)CCC3)cc1. The molecule has 24 heavy (non-hydrogen) atoms. The number of anilines is 1. The first-order chi connectivity index (χ1) is 11.5. The van der Waals surface area contributed by atoms with Gasteiger partial charge in [0.2, 0.25) is 0 Å². The zero-order valence-corrected chi connectivity index (χ0v) is 14.7. The Balaban J connectivity index is 1.59. The molecule has 0 radical (unpaired) electrons. The molecule has 2 N–H and O–H groups in total. The second-order valence-corrected chi connectivity index (χ2v) is 6.98. The van der Waals surface area contributed by atoms with Crippen LogP contribution in [0.5, 0.6) is 0 Å². The highest BCUT2D eigenvalue weighted by Gasteiger charge is 2.13. The fourth-order valence-corrected chi connectivity index (χ4v) is 3.27. The van der Waals surface area contributed by atoms with E-state index in [1.54, 1.807) is 0 Å². The van der Waals surface area contributed by atoms with Gasteiger partial charge in [-0.25, -0.2) is 4.79 Å². The van der Waals surface area contributed by atoms with Crippen LogP contribution in [0, 0.1) is 0 Å². The Bertz CT molecular complexity index is 719. The lowest BCUT2D eigenvalue weighted by Gasteiger charge is -2.16. The molecule has 126 valence electrons. The summed E-state index contributed by atoms with van der Waals surface area (Å²) in [6.07, 6.45) is 3.49. The number of rotatable bonds is 4. The lowest BCUT2D eigenvalue weighted by atomic mass is 10.00. The van der Waals surface area contributed by atoms with Crippen molar-refractivity contribution in [3.63, 3.8) is 0 Å². The van der Waals surface area contributed by atoms with E-state index < -0.39 is 0 Å². The molecule has 0 aromatic heterocycles. The van der Waals surface area contributed by atoms with Gasteiger partial charge in [-0.3, -0.25) is 0 Å². The largest absolute Gasteiger partial charge is 0.331 e. The number of nitrogens with one attached hydrogen (secondary N) is 2. The molecule has 1 aliphatic rings. The van der Waals surface area contributed by atoms with Gasteiger partial charge in [0.05, 0.1) is 6.04 Å². The number of benzene rings is 2. The van der Waals surface area contributed by atoms with Crippen molar-refractivity contribution in [1.82, 2.24) is 5.32 Å². The van der Waals surface area contributed by atoms with Crippen LogP contribution in [0.2, 0.25) is 0 Å². The van der Waals surface area contributed by atoms with Crippen LogP contribution in [0.25, 0.3) is 0 Å². The number of carbonyl (C=O) groups is 1. The molecule has 3 heteroatoms. The molecule has 0 unspecified atom stereocenters. The second kappa shape index (κ2) is 7.08.